The molecule has 2 fully saturated rings. The highest BCUT2D eigenvalue weighted by atomic mass is 16.4. The zero-order valence-electron chi connectivity index (χ0n) is 32.2. The van der Waals surface area contributed by atoms with Crippen LogP contribution in [-0.2, 0) is 9.59 Å². The maximum absolute atomic E-state index is 14.3. The first kappa shape index (κ1) is 39.0. The zero-order valence-corrected chi connectivity index (χ0v) is 32.2. The van der Waals surface area contributed by atoms with Crippen LogP contribution < -0.4 is 0 Å². The summed E-state index contributed by atoms with van der Waals surface area (Å²) >= 11 is 0. The number of hydrogen-bond donors (Lipinski definition) is 2. The van der Waals surface area contributed by atoms with Crippen LogP contribution in [0.25, 0.3) is 0 Å². The van der Waals surface area contributed by atoms with E-state index in [1.54, 1.807) is 0 Å². The lowest BCUT2D eigenvalue weighted by atomic mass is 9.46. The van der Waals surface area contributed by atoms with Crippen molar-refractivity contribution in [2.75, 3.05) is 14.1 Å². The predicted octanol–water partition coefficient (Wildman–Crippen LogP) is 9.22. The highest BCUT2D eigenvalue weighted by molar-refractivity contribution is 5.76. The van der Waals surface area contributed by atoms with Crippen LogP contribution in [0, 0.1) is 38.9 Å². The number of carbonyl (C=O) groups is 2. The lowest BCUT2D eigenvalue weighted by Crippen LogP contribution is -2.74. The fourth-order valence-electron chi connectivity index (χ4n) is 9.40. The fraction of sp³-hybridized carbons (Fsp3) is 0.947. The minimum atomic E-state index is -1.06. The molecule has 6 heteroatoms. The molecule has 6 nitrogen and oxygen atoms in total. The summed E-state index contributed by atoms with van der Waals surface area (Å²) in [5, 5.41) is 21.5. The molecule has 0 amide bonds. The van der Waals surface area contributed by atoms with Crippen molar-refractivity contribution >= 4 is 11.9 Å². The quantitative estimate of drug-likeness (QED) is 0.295. The standard InChI is InChI=1S/C38H72N2O4/c1-30(2,3)34(13)22-26(23-35(14,39(34)17)31(4,5)6)38(29(43)44,21-19-20-28(41)42)27-24-36(15,32(7,8)9)40(18)37(16,25-27)33(10,11)12/h26-27H,19-25H2,1-18H3,(H,41,42)(H,43,44). The third kappa shape index (κ3) is 6.02. The fourth-order valence-corrected chi connectivity index (χ4v) is 9.40. The second kappa shape index (κ2) is 11.5. The molecule has 0 aliphatic carbocycles. The molecule has 2 N–H and O–H groups in total. The van der Waals surface area contributed by atoms with E-state index in [1.807, 2.05) is 0 Å². The molecule has 258 valence electrons. The summed E-state index contributed by atoms with van der Waals surface area (Å²) in [6.45, 7) is 36.9. The van der Waals surface area contributed by atoms with Gasteiger partial charge >= 0.3 is 11.9 Å². The van der Waals surface area contributed by atoms with Gasteiger partial charge < -0.3 is 10.2 Å². The average Bonchev–Trinajstić information content (AvgIpc) is 2.80. The Bertz CT molecular complexity index is 946. The third-order valence-corrected chi connectivity index (χ3v) is 14.8. The first-order valence-electron chi connectivity index (χ1n) is 17.2. The van der Waals surface area contributed by atoms with Crippen molar-refractivity contribution < 1.29 is 19.8 Å². The van der Waals surface area contributed by atoms with Gasteiger partial charge in [0.15, 0.2) is 0 Å². The van der Waals surface area contributed by atoms with E-state index < -0.39 is 17.4 Å². The van der Waals surface area contributed by atoms with Crippen molar-refractivity contribution in [3.05, 3.63) is 0 Å². The lowest BCUT2D eigenvalue weighted by Gasteiger charge is -2.69. The second-order valence-corrected chi connectivity index (χ2v) is 20.0. The molecule has 2 aliphatic heterocycles. The van der Waals surface area contributed by atoms with Crippen molar-refractivity contribution in [3.63, 3.8) is 0 Å². The molecule has 0 aromatic rings. The molecule has 0 saturated carbocycles. The van der Waals surface area contributed by atoms with Gasteiger partial charge in [-0.15, -0.1) is 0 Å². The van der Waals surface area contributed by atoms with Gasteiger partial charge in [0, 0.05) is 28.6 Å². The molecule has 0 bridgehead atoms. The maximum atomic E-state index is 14.3. The minimum absolute atomic E-state index is 0.00553. The summed E-state index contributed by atoms with van der Waals surface area (Å²) in [7, 11) is 4.50. The monoisotopic (exact) mass is 621 g/mol. The predicted molar refractivity (Wildman–Crippen MR) is 184 cm³/mol. The van der Waals surface area contributed by atoms with E-state index in [4.69, 9.17) is 0 Å². The summed E-state index contributed by atoms with van der Waals surface area (Å²) in [4.78, 5) is 31.4. The van der Waals surface area contributed by atoms with Gasteiger partial charge in [-0.25, -0.2) is 0 Å². The first-order chi connectivity index (χ1) is 19.3. The largest absolute Gasteiger partial charge is 0.481 e. The number of hydrogen-bond acceptors (Lipinski definition) is 4. The highest BCUT2D eigenvalue weighted by Gasteiger charge is 2.67. The van der Waals surface area contributed by atoms with E-state index in [2.05, 4.69) is 135 Å². The van der Waals surface area contributed by atoms with Crippen LogP contribution in [0.2, 0.25) is 0 Å². The molecule has 0 spiro atoms. The van der Waals surface area contributed by atoms with E-state index in [1.165, 1.54) is 0 Å². The molecular formula is C38H72N2O4. The van der Waals surface area contributed by atoms with Gasteiger partial charge in [-0.3, -0.25) is 19.4 Å². The van der Waals surface area contributed by atoms with Crippen LogP contribution in [0.15, 0.2) is 0 Å². The molecule has 4 unspecified atom stereocenters. The van der Waals surface area contributed by atoms with Crippen molar-refractivity contribution in [3.8, 4) is 0 Å². The number of rotatable bonds is 7. The highest BCUT2D eigenvalue weighted by Crippen LogP contribution is 2.64. The SMILES string of the molecule is CN1C(C)(C(C)(C)C)CC(C(CCCC(=O)O)(C(=O)O)C2CC(C)(C(C)(C)C)N(C)C(C)(C(C)(C)C)C2)CC1(C)C(C)(C)C. The summed E-state index contributed by atoms with van der Waals surface area (Å²) in [5.41, 5.74) is -2.55. The van der Waals surface area contributed by atoms with E-state index in [-0.39, 0.29) is 62.1 Å². The van der Waals surface area contributed by atoms with Crippen LogP contribution >= 0.6 is 0 Å². The van der Waals surface area contributed by atoms with Gasteiger partial charge in [-0.1, -0.05) is 83.1 Å². The molecule has 4 atom stereocenters. The molecule has 2 rings (SSSR count). The van der Waals surface area contributed by atoms with Gasteiger partial charge in [0.1, 0.15) is 0 Å². The molecule has 44 heavy (non-hydrogen) atoms. The number of piperidine rings is 2. The van der Waals surface area contributed by atoms with Crippen LogP contribution in [0.1, 0.15) is 156 Å². The molecule has 2 saturated heterocycles. The number of aliphatic carboxylic acids is 2. The molecule has 2 aliphatic rings. The Morgan fingerprint density at radius 2 is 0.841 bits per heavy atom. The Kier molecular flexibility index (Phi) is 10.2. The molecule has 0 aromatic heterocycles. The van der Waals surface area contributed by atoms with Crippen LogP contribution in [-0.4, -0.2) is 68.2 Å². The lowest BCUT2D eigenvalue weighted by molar-refractivity contribution is -0.209. The van der Waals surface area contributed by atoms with Crippen LogP contribution in [0.5, 0.6) is 0 Å². The number of nitrogens with zero attached hydrogens (tertiary/aromatic N) is 2. The molecule has 0 radical (unpaired) electrons. The average molecular weight is 621 g/mol. The third-order valence-electron chi connectivity index (χ3n) is 14.8. The second-order valence-electron chi connectivity index (χ2n) is 20.0. The van der Waals surface area contributed by atoms with E-state index in [0.29, 0.717) is 12.8 Å². The number of carboxylic acid groups (broad SMARTS) is 2. The molecule has 2 heterocycles. The van der Waals surface area contributed by atoms with Crippen LogP contribution in [0.3, 0.4) is 0 Å². The maximum Gasteiger partial charge on any atom is 0.310 e. The van der Waals surface area contributed by atoms with Crippen molar-refractivity contribution in [1.29, 1.82) is 0 Å². The minimum Gasteiger partial charge on any atom is -0.481 e. The smallest absolute Gasteiger partial charge is 0.310 e. The van der Waals surface area contributed by atoms with Crippen molar-refractivity contribution in [2.24, 2.45) is 38.9 Å². The first-order valence-corrected chi connectivity index (χ1v) is 17.2. The van der Waals surface area contributed by atoms with E-state index in [0.717, 1.165) is 25.7 Å². The van der Waals surface area contributed by atoms with Crippen molar-refractivity contribution in [2.45, 2.75) is 178 Å². The number of carboxylic acids is 2. The summed E-state index contributed by atoms with van der Waals surface area (Å²) in [6, 6.07) is 0. The number of likely N-dealkylation sites (tertiary alicyclic amines) is 2. The van der Waals surface area contributed by atoms with Crippen LogP contribution in [0.4, 0.5) is 0 Å². The molecular weight excluding hydrogens is 548 g/mol. The van der Waals surface area contributed by atoms with Gasteiger partial charge in [-0.2, -0.15) is 0 Å². The van der Waals surface area contributed by atoms with Gasteiger partial charge in [0.2, 0.25) is 0 Å². The summed E-state index contributed by atoms with van der Waals surface area (Å²) in [6.07, 6.45) is 3.82. The Hall–Kier alpha value is -1.14. The Morgan fingerprint density at radius 3 is 1.02 bits per heavy atom. The van der Waals surface area contributed by atoms with Gasteiger partial charge in [-0.05, 0) is 114 Å². The van der Waals surface area contributed by atoms with Crippen molar-refractivity contribution in [1.82, 2.24) is 9.80 Å². The molecule has 0 aromatic carbocycles. The Morgan fingerprint density at radius 1 is 0.591 bits per heavy atom. The van der Waals surface area contributed by atoms with E-state index >= 15 is 0 Å². The normalized spacial score (nSPS) is 36.6. The van der Waals surface area contributed by atoms with E-state index in [9.17, 15) is 19.8 Å². The zero-order chi connectivity index (χ0) is 34.9. The summed E-state index contributed by atoms with van der Waals surface area (Å²) < 4.78 is 0. The topological polar surface area (TPSA) is 81.1 Å². The Labute approximate surface area is 272 Å². The van der Waals surface area contributed by atoms with Gasteiger partial charge in [0.05, 0.1) is 5.41 Å². The Balaban J connectivity index is 3.03. The summed E-state index contributed by atoms with van der Waals surface area (Å²) in [5.74, 6) is -1.80. The van der Waals surface area contributed by atoms with Gasteiger partial charge in [0.25, 0.3) is 0 Å².